The maximum Gasteiger partial charge on any atom is 0.356 e. The number of aromatic hydroxyl groups is 1. The summed E-state index contributed by atoms with van der Waals surface area (Å²) in [6.45, 7) is 0. The Morgan fingerprint density at radius 3 is 1.74 bits per heavy atom. The van der Waals surface area contributed by atoms with E-state index in [2.05, 4.69) is 19.4 Å². The molecule has 0 fully saturated rings. The Bertz CT molecular complexity index is 640. The first kappa shape index (κ1) is 17.9. The predicted molar refractivity (Wildman–Crippen MR) is 79.4 cm³/mol. The van der Waals surface area contributed by atoms with Crippen LogP contribution in [0.3, 0.4) is 0 Å². The number of rotatable bonds is 3. The van der Waals surface area contributed by atoms with Gasteiger partial charge in [0.05, 0.1) is 33.7 Å². The van der Waals surface area contributed by atoms with E-state index in [-0.39, 0.29) is 17.1 Å². The molecule has 0 bridgehead atoms. The van der Waals surface area contributed by atoms with E-state index in [0.29, 0.717) is 5.75 Å². The van der Waals surface area contributed by atoms with Crippen LogP contribution in [0, 0.1) is 0 Å². The molecule has 8 heteroatoms. The largest absolute Gasteiger partial charge is 0.506 e. The van der Waals surface area contributed by atoms with Crippen molar-refractivity contribution in [1.29, 1.82) is 0 Å². The lowest BCUT2D eigenvalue weighted by atomic mass is 10.3. The van der Waals surface area contributed by atoms with Crippen molar-refractivity contribution in [2.75, 3.05) is 21.3 Å². The zero-order valence-electron chi connectivity index (χ0n) is 12.8. The molecule has 0 amide bonds. The molecule has 0 saturated heterocycles. The van der Waals surface area contributed by atoms with Crippen LogP contribution < -0.4 is 4.74 Å². The van der Waals surface area contributed by atoms with Crippen molar-refractivity contribution >= 4 is 11.9 Å². The van der Waals surface area contributed by atoms with Crippen molar-refractivity contribution in [2.24, 2.45) is 0 Å². The second-order valence-corrected chi connectivity index (χ2v) is 3.97. The maximum absolute atomic E-state index is 10.9. The third kappa shape index (κ3) is 5.62. The quantitative estimate of drug-likeness (QED) is 0.847. The fraction of sp³-hybridized carbons (Fsp3) is 0.200. The number of nitrogens with zero attached hydrogens (tertiary/aromatic N) is 2. The third-order valence-corrected chi connectivity index (χ3v) is 2.51. The van der Waals surface area contributed by atoms with Gasteiger partial charge in [0, 0.05) is 0 Å². The molecule has 0 aliphatic rings. The highest BCUT2D eigenvalue weighted by molar-refractivity contribution is 5.87. The van der Waals surface area contributed by atoms with E-state index >= 15 is 0 Å². The van der Waals surface area contributed by atoms with Gasteiger partial charge in [-0.05, 0) is 24.3 Å². The van der Waals surface area contributed by atoms with Crippen molar-refractivity contribution in [3.63, 3.8) is 0 Å². The molecule has 2 rings (SSSR count). The van der Waals surface area contributed by atoms with Gasteiger partial charge in [0.25, 0.3) is 0 Å². The molecule has 0 aromatic carbocycles. The Morgan fingerprint density at radius 2 is 1.39 bits per heavy atom. The minimum absolute atomic E-state index is 0.0256. The zero-order chi connectivity index (χ0) is 17.2. The molecule has 2 aromatic heterocycles. The second kappa shape index (κ2) is 8.98. The van der Waals surface area contributed by atoms with E-state index in [1.807, 2.05) is 0 Å². The number of methoxy groups -OCH3 is 3. The Hall–Kier alpha value is -3.16. The summed E-state index contributed by atoms with van der Waals surface area (Å²) in [5.74, 6) is -0.317. The molecule has 8 nitrogen and oxygen atoms in total. The summed E-state index contributed by atoms with van der Waals surface area (Å²) >= 11 is 0. The minimum Gasteiger partial charge on any atom is -0.506 e. The van der Waals surface area contributed by atoms with Crippen LogP contribution in [0.4, 0.5) is 0 Å². The Labute approximate surface area is 132 Å². The average Bonchev–Trinajstić information content (AvgIpc) is 2.61. The van der Waals surface area contributed by atoms with Crippen LogP contribution >= 0.6 is 0 Å². The van der Waals surface area contributed by atoms with Crippen LogP contribution in [0.2, 0.25) is 0 Å². The molecule has 0 spiro atoms. The van der Waals surface area contributed by atoms with Crippen molar-refractivity contribution < 1.29 is 28.9 Å². The normalized spacial score (nSPS) is 9.17. The summed E-state index contributed by atoms with van der Waals surface area (Å²) in [4.78, 5) is 29.1. The Balaban J connectivity index is 0.000000231. The van der Waals surface area contributed by atoms with Gasteiger partial charge in [-0.1, -0.05) is 0 Å². The molecule has 2 aromatic rings. The molecule has 0 saturated carbocycles. The topological polar surface area (TPSA) is 108 Å². The third-order valence-electron chi connectivity index (χ3n) is 2.51. The summed E-state index contributed by atoms with van der Waals surface area (Å²) in [5, 5.41) is 8.80. The lowest BCUT2D eigenvalue weighted by molar-refractivity contribution is 0.0585. The van der Waals surface area contributed by atoms with Gasteiger partial charge >= 0.3 is 11.9 Å². The number of carbonyl (C=O) groups excluding carboxylic acids is 2. The first-order valence-corrected chi connectivity index (χ1v) is 6.33. The van der Waals surface area contributed by atoms with Gasteiger partial charge in [0.2, 0.25) is 0 Å². The summed E-state index contributed by atoms with van der Waals surface area (Å²) in [7, 11) is 4.12. The van der Waals surface area contributed by atoms with E-state index in [1.54, 1.807) is 12.1 Å². The molecule has 0 radical (unpaired) electrons. The number of hydrogen-bond acceptors (Lipinski definition) is 8. The van der Waals surface area contributed by atoms with Crippen molar-refractivity contribution in [3.8, 4) is 11.5 Å². The molecular weight excluding hydrogens is 304 g/mol. The number of carbonyl (C=O) groups is 2. The summed E-state index contributed by atoms with van der Waals surface area (Å²) in [6.07, 6.45) is 2.65. The van der Waals surface area contributed by atoms with E-state index in [0.717, 1.165) is 0 Å². The lowest BCUT2D eigenvalue weighted by Crippen LogP contribution is -2.03. The average molecular weight is 320 g/mol. The van der Waals surface area contributed by atoms with Crippen molar-refractivity contribution in [3.05, 3.63) is 48.0 Å². The number of ether oxygens (including phenoxy) is 3. The highest BCUT2D eigenvalue weighted by Gasteiger charge is 2.05. The summed E-state index contributed by atoms with van der Waals surface area (Å²) in [6, 6.07) is 5.96. The predicted octanol–water partition coefficient (Wildman–Crippen LogP) is 1.45. The van der Waals surface area contributed by atoms with Gasteiger partial charge in [0.15, 0.2) is 0 Å². The lowest BCUT2D eigenvalue weighted by Gasteiger charge is -1.99. The summed E-state index contributed by atoms with van der Waals surface area (Å²) in [5.41, 5.74) is 0.462. The first-order chi connectivity index (χ1) is 11.0. The van der Waals surface area contributed by atoms with Crippen molar-refractivity contribution in [1.82, 2.24) is 9.97 Å². The van der Waals surface area contributed by atoms with Gasteiger partial charge in [-0.3, -0.25) is 0 Å². The molecule has 122 valence electrons. The number of pyridine rings is 2. The number of hydrogen-bond donors (Lipinski definition) is 1. The minimum atomic E-state index is -0.509. The Kier molecular flexibility index (Phi) is 6.99. The van der Waals surface area contributed by atoms with Gasteiger partial charge < -0.3 is 19.3 Å². The fourth-order valence-corrected chi connectivity index (χ4v) is 1.34. The molecule has 0 aliphatic heterocycles. The molecule has 23 heavy (non-hydrogen) atoms. The van der Waals surface area contributed by atoms with Crippen molar-refractivity contribution in [2.45, 2.75) is 0 Å². The second-order valence-electron chi connectivity index (χ2n) is 3.97. The van der Waals surface area contributed by atoms with E-state index < -0.39 is 11.9 Å². The zero-order valence-corrected chi connectivity index (χ0v) is 12.8. The van der Waals surface area contributed by atoms with E-state index in [9.17, 15) is 9.59 Å². The van der Waals surface area contributed by atoms with Crippen LogP contribution in [0.5, 0.6) is 11.5 Å². The van der Waals surface area contributed by atoms with Gasteiger partial charge in [-0.25, -0.2) is 19.6 Å². The molecular formula is C15H16N2O6. The first-order valence-electron chi connectivity index (χ1n) is 6.33. The molecule has 0 aliphatic carbocycles. The SMILES string of the molecule is COC(=O)c1ccc(O)cn1.COC(=O)c1ccc(OC)cn1. The van der Waals surface area contributed by atoms with E-state index in [1.165, 1.54) is 45.9 Å². The van der Waals surface area contributed by atoms with Gasteiger partial charge in [-0.2, -0.15) is 0 Å². The van der Waals surface area contributed by atoms with Gasteiger partial charge in [0.1, 0.15) is 22.9 Å². The molecule has 0 atom stereocenters. The fourth-order valence-electron chi connectivity index (χ4n) is 1.34. The van der Waals surface area contributed by atoms with Crippen LogP contribution in [0.15, 0.2) is 36.7 Å². The molecule has 2 heterocycles. The van der Waals surface area contributed by atoms with Crippen LogP contribution in [-0.4, -0.2) is 48.3 Å². The molecule has 1 N–H and O–H groups in total. The van der Waals surface area contributed by atoms with Gasteiger partial charge in [-0.15, -0.1) is 0 Å². The smallest absolute Gasteiger partial charge is 0.356 e. The highest BCUT2D eigenvalue weighted by Crippen LogP contribution is 2.08. The Morgan fingerprint density at radius 1 is 0.870 bits per heavy atom. The highest BCUT2D eigenvalue weighted by atomic mass is 16.5. The number of aromatic nitrogens is 2. The number of esters is 2. The molecule has 0 unspecified atom stereocenters. The maximum atomic E-state index is 10.9. The summed E-state index contributed by atoms with van der Waals surface area (Å²) < 4.78 is 13.7. The monoisotopic (exact) mass is 320 g/mol. The van der Waals surface area contributed by atoms with Crippen LogP contribution in [0.1, 0.15) is 21.0 Å². The van der Waals surface area contributed by atoms with Crippen LogP contribution in [0.25, 0.3) is 0 Å². The van der Waals surface area contributed by atoms with Crippen LogP contribution in [-0.2, 0) is 9.47 Å². The van der Waals surface area contributed by atoms with E-state index in [4.69, 9.17) is 9.84 Å². The standard InChI is InChI=1S/C8H9NO3.C7H7NO3/c1-11-6-3-4-7(9-5-6)8(10)12-2;1-11-7(10)6-3-2-5(9)4-8-6/h3-5H,1-2H3;2-4,9H,1H3.